The second-order valence-corrected chi connectivity index (χ2v) is 6.01. The molecule has 0 atom stereocenters. The smallest absolute Gasteiger partial charge is 0.437 e. The Morgan fingerprint density at radius 1 is 1.23 bits per heavy atom. The Bertz CT molecular complexity index is 1280. The van der Waals surface area contributed by atoms with Gasteiger partial charge in [0.25, 0.3) is 17.5 Å². The fourth-order valence-corrected chi connectivity index (χ4v) is 2.52. The van der Waals surface area contributed by atoms with Crippen molar-refractivity contribution in [1.82, 2.24) is 19.7 Å². The molecule has 13 heteroatoms. The van der Waals surface area contributed by atoms with Gasteiger partial charge in [-0.2, -0.15) is 23.5 Å². The first-order chi connectivity index (χ1) is 14.6. The summed E-state index contributed by atoms with van der Waals surface area (Å²) in [7, 11) is 0. The Labute approximate surface area is 169 Å². The van der Waals surface area contributed by atoms with Gasteiger partial charge in [-0.3, -0.25) is 14.2 Å². The summed E-state index contributed by atoms with van der Waals surface area (Å²) < 4.78 is 71.6. The minimum atomic E-state index is -5.06. The van der Waals surface area contributed by atoms with Crippen molar-refractivity contribution in [3.8, 4) is 17.6 Å². The van der Waals surface area contributed by atoms with E-state index in [1.54, 1.807) is 6.07 Å². The Kier molecular flexibility index (Phi) is 5.82. The number of nitriles is 1. The number of aromatic nitrogens is 4. The Morgan fingerprint density at radius 3 is 2.58 bits per heavy atom. The van der Waals surface area contributed by atoms with Crippen molar-refractivity contribution in [3.63, 3.8) is 0 Å². The van der Waals surface area contributed by atoms with Crippen molar-refractivity contribution < 1.29 is 26.7 Å². The second kappa shape index (κ2) is 8.34. The van der Waals surface area contributed by atoms with E-state index in [1.807, 2.05) is 5.10 Å². The molecule has 0 aliphatic rings. The van der Waals surface area contributed by atoms with Crippen LogP contribution in [0.15, 0.2) is 46.2 Å². The van der Waals surface area contributed by atoms with Crippen molar-refractivity contribution in [2.24, 2.45) is 0 Å². The first-order valence-corrected chi connectivity index (χ1v) is 8.32. The molecule has 0 aliphatic carbocycles. The molecule has 8 nitrogen and oxygen atoms in total. The van der Waals surface area contributed by atoms with Gasteiger partial charge in [-0.15, -0.1) is 0 Å². The monoisotopic (exact) mass is 439 g/mol. The van der Waals surface area contributed by atoms with Crippen molar-refractivity contribution in [2.75, 3.05) is 0 Å². The number of halogens is 5. The van der Waals surface area contributed by atoms with Crippen LogP contribution in [-0.2, 0) is 12.7 Å². The summed E-state index contributed by atoms with van der Waals surface area (Å²) >= 11 is 0. The van der Waals surface area contributed by atoms with E-state index in [0.717, 1.165) is 6.07 Å². The van der Waals surface area contributed by atoms with Gasteiger partial charge in [0.15, 0.2) is 5.69 Å². The molecule has 3 rings (SSSR count). The highest BCUT2D eigenvalue weighted by molar-refractivity contribution is 5.45. The van der Waals surface area contributed by atoms with Crippen molar-refractivity contribution in [2.45, 2.75) is 19.1 Å². The standard InChI is InChI=1S/C18H10F5N5O3/c19-15(20)11-5-10(26-27-16(11)29)7-28-8-25-14(18(21,22)23)13(17(28)30)31-12-4-2-1-3-9(12)6-24/h1-5,8,15H,7H2,(H,27,29). The van der Waals surface area contributed by atoms with Crippen LogP contribution in [0.1, 0.15) is 28.9 Å². The Morgan fingerprint density at radius 2 is 1.94 bits per heavy atom. The van der Waals surface area contributed by atoms with Crippen LogP contribution in [0.3, 0.4) is 0 Å². The summed E-state index contributed by atoms with van der Waals surface area (Å²) in [5.74, 6) is -1.52. The average Bonchev–Trinajstić information content (AvgIpc) is 2.71. The Hall–Kier alpha value is -4.08. The highest BCUT2D eigenvalue weighted by atomic mass is 19.4. The molecule has 0 radical (unpaired) electrons. The maximum absolute atomic E-state index is 13.4. The third-order valence-corrected chi connectivity index (χ3v) is 3.94. The topological polar surface area (TPSA) is 114 Å². The van der Waals surface area contributed by atoms with E-state index in [4.69, 9.17) is 10.00 Å². The molecule has 0 bridgehead atoms. The van der Waals surface area contributed by atoms with Crippen LogP contribution in [0.25, 0.3) is 0 Å². The number of rotatable bonds is 5. The molecule has 3 aromatic rings. The summed E-state index contributed by atoms with van der Waals surface area (Å²) in [6.45, 7) is -0.587. The molecule has 0 fully saturated rings. The second-order valence-electron chi connectivity index (χ2n) is 6.01. The van der Waals surface area contributed by atoms with Gasteiger partial charge in [-0.25, -0.2) is 18.9 Å². The summed E-state index contributed by atoms with van der Waals surface area (Å²) in [4.78, 5) is 27.3. The van der Waals surface area contributed by atoms with Crippen LogP contribution >= 0.6 is 0 Å². The highest BCUT2D eigenvalue weighted by Crippen LogP contribution is 2.35. The van der Waals surface area contributed by atoms with E-state index in [1.165, 1.54) is 24.3 Å². The number of hydrogen-bond acceptors (Lipinski definition) is 6. The highest BCUT2D eigenvalue weighted by Gasteiger charge is 2.39. The molecule has 0 aliphatic heterocycles. The summed E-state index contributed by atoms with van der Waals surface area (Å²) in [6, 6.07) is 7.73. The lowest BCUT2D eigenvalue weighted by molar-refractivity contribution is -0.142. The minimum Gasteiger partial charge on any atom is -0.448 e. The molecule has 0 amide bonds. The predicted octanol–water partition coefficient (Wildman–Crippen LogP) is 3.00. The largest absolute Gasteiger partial charge is 0.448 e. The number of nitrogens with zero attached hydrogens (tertiary/aromatic N) is 4. The van der Waals surface area contributed by atoms with Crippen LogP contribution in [-0.4, -0.2) is 19.7 Å². The summed E-state index contributed by atoms with van der Waals surface area (Å²) in [5, 5.41) is 14.4. The lowest BCUT2D eigenvalue weighted by Gasteiger charge is -2.15. The SMILES string of the molecule is N#Cc1ccccc1Oc1c(C(F)(F)F)ncn(Cc2cc(C(F)F)c(=O)[nH]n2)c1=O. The number of aromatic amines is 1. The summed E-state index contributed by atoms with van der Waals surface area (Å²) in [5.41, 5.74) is -5.37. The molecular weight excluding hydrogens is 429 g/mol. The van der Waals surface area contributed by atoms with Crippen LogP contribution in [0.2, 0.25) is 0 Å². The molecule has 0 saturated carbocycles. The molecular formula is C18H10F5N5O3. The molecule has 2 aromatic heterocycles. The first kappa shape index (κ1) is 21.6. The zero-order valence-corrected chi connectivity index (χ0v) is 15.2. The van der Waals surface area contributed by atoms with Crippen molar-refractivity contribution >= 4 is 0 Å². The number of hydrogen-bond donors (Lipinski definition) is 1. The normalized spacial score (nSPS) is 11.4. The number of H-pyrrole nitrogens is 1. The average molecular weight is 439 g/mol. The molecule has 0 unspecified atom stereocenters. The van der Waals surface area contributed by atoms with E-state index in [-0.39, 0.29) is 17.0 Å². The van der Waals surface area contributed by atoms with Crippen molar-refractivity contribution in [1.29, 1.82) is 5.26 Å². The number of benzene rings is 1. The summed E-state index contributed by atoms with van der Waals surface area (Å²) in [6.07, 6.45) is -7.65. The van der Waals surface area contributed by atoms with Crippen LogP contribution in [0.4, 0.5) is 22.0 Å². The van der Waals surface area contributed by atoms with Gasteiger partial charge in [-0.05, 0) is 18.2 Å². The van der Waals surface area contributed by atoms with Gasteiger partial charge in [0.2, 0.25) is 5.75 Å². The molecule has 0 spiro atoms. The molecule has 2 heterocycles. The van der Waals surface area contributed by atoms with E-state index < -0.39 is 47.3 Å². The maximum atomic E-state index is 13.4. The third kappa shape index (κ3) is 4.58. The quantitative estimate of drug-likeness (QED) is 0.612. The Balaban J connectivity index is 2.10. The van der Waals surface area contributed by atoms with Crippen LogP contribution in [0, 0.1) is 11.3 Å². The predicted molar refractivity (Wildman–Crippen MR) is 93.6 cm³/mol. The van der Waals surface area contributed by atoms with Crippen molar-refractivity contribution in [3.05, 3.63) is 79.9 Å². The first-order valence-electron chi connectivity index (χ1n) is 8.32. The molecule has 31 heavy (non-hydrogen) atoms. The van der Waals surface area contributed by atoms with Gasteiger partial charge in [0.05, 0.1) is 29.7 Å². The van der Waals surface area contributed by atoms with Crippen LogP contribution < -0.4 is 15.9 Å². The third-order valence-electron chi connectivity index (χ3n) is 3.94. The van der Waals surface area contributed by atoms with Gasteiger partial charge in [0, 0.05) is 0 Å². The van der Waals surface area contributed by atoms with Gasteiger partial charge in [0.1, 0.15) is 11.8 Å². The zero-order valence-electron chi connectivity index (χ0n) is 15.2. The number of alkyl halides is 5. The van der Waals surface area contributed by atoms with E-state index in [2.05, 4.69) is 10.1 Å². The van der Waals surface area contributed by atoms with Gasteiger partial charge in [-0.1, -0.05) is 12.1 Å². The van der Waals surface area contributed by atoms with Crippen LogP contribution in [0.5, 0.6) is 11.5 Å². The number of para-hydroxylation sites is 1. The van der Waals surface area contributed by atoms with E-state index >= 15 is 0 Å². The number of nitrogens with one attached hydrogen (secondary N) is 1. The van der Waals surface area contributed by atoms with E-state index in [0.29, 0.717) is 10.9 Å². The minimum absolute atomic E-state index is 0.130. The fraction of sp³-hybridized carbons (Fsp3) is 0.167. The van der Waals surface area contributed by atoms with E-state index in [9.17, 15) is 31.5 Å². The zero-order chi connectivity index (χ0) is 22.8. The van der Waals surface area contributed by atoms with Gasteiger partial charge >= 0.3 is 6.18 Å². The molecule has 1 N–H and O–H groups in total. The lowest BCUT2D eigenvalue weighted by atomic mass is 10.2. The lowest BCUT2D eigenvalue weighted by Crippen LogP contribution is -2.27. The van der Waals surface area contributed by atoms with Gasteiger partial charge < -0.3 is 4.74 Å². The maximum Gasteiger partial charge on any atom is 0.437 e. The molecule has 0 saturated heterocycles. The number of ether oxygens (including phenoxy) is 1. The molecule has 160 valence electrons. The molecule has 1 aromatic carbocycles. The fourth-order valence-electron chi connectivity index (χ4n) is 2.52.